The van der Waals surface area contributed by atoms with Gasteiger partial charge in [0, 0.05) is 18.3 Å². The zero-order chi connectivity index (χ0) is 16.9. The molecule has 1 atom stereocenters. The van der Waals surface area contributed by atoms with Crippen molar-refractivity contribution in [2.75, 3.05) is 19.7 Å². The van der Waals surface area contributed by atoms with Crippen LogP contribution in [0.2, 0.25) is 0 Å². The van der Waals surface area contributed by atoms with E-state index in [-0.39, 0.29) is 12.0 Å². The Balaban J connectivity index is 1.60. The topological polar surface area (TPSA) is 84.0 Å². The highest BCUT2D eigenvalue weighted by Gasteiger charge is 2.28. The number of ether oxygens (including phenoxy) is 1. The Morgan fingerprint density at radius 2 is 2.33 bits per heavy atom. The van der Waals surface area contributed by atoms with Gasteiger partial charge in [0.25, 0.3) is 0 Å². The van der Waals surface area contributed by atoms with Crippen molar-refractivity contribution in [1.82, 2.24) is 25.1 Å². The molecule has 0 aliphatic carbocycles. The largest absolute Gasteiger partial charge is 0.366 e. The molecule has 1 aliphatic rings. The molecule has 2 aromatic rings. The van der Waals surface area contributed by atoms with Gasteiger partial charge in [0.05, 0.1) is 30.3 Å². The van der Waals surface area contributed by atoms with Gasteiger partial charge in [-0.15, -0.1) is 11.3 Å². The maximum atomic E-state index is 12.5. The minimum atomic E-state index is -0.258. The molecule has 1 N–H and O–H groups in total. The first kappa shape index (κ1) is 17.0. The summed E-state index contributed by atoms with van der Waals surface area (Å²) in [6.45, 7) is 5.77. The molecular weight excluding hydrogens is 326 g/mol. The summed E-state index contributed by atoms with van der Waals surface area (Å²) in [4.78, 5) is 23.3. The molecule has 1 unspecified atom stereocenters. The molecule has 2 aromatic heterocycles. The standard InChI is InChI=1S/C16H23N5O2S/c1-3-5-13-18-16(20-19-13)12-9-21(6-7-23-12)15(22)8-11-10-24-14(4-2)17-11/h10,12H,3-9H2,1-2H3,(H,18,19,20). The van der Waals surface area contributed by atoms with Crippen LogP contribution in [0.1, 0.15) is 48.7 Å². The maximum absolute atomic E-state index is 12.5. The number of carbonyl (C=O) groups is 1. The number of thiazole rings is 1. The van der Waals surface area contributed by atoms with Crippen molar-refractivity contribution in [3.8, 4) is 0 Å². The van der Waals surface area contributed by atoms with E-state index in [2.05, 4.69) is 34.0 Å². The molecule has 1 amide bonds. The second kappa shape index (κ2) is 7.85. The lowest BCUT2D eigenvalue weighted by Crippen LogP contribution is -2.43. The molecule has 8 heteroatoms. The van der Waals surface area contributed by atoms with Gasteiger partial charge in [-0.1, -0.05) is 13.8 Å². The summed E-state index contributed by atoms with van der Waals surface area (Å²) in [5.41, 5.74) is 0.855. The number of morpholine rings is 1. The summed E-state index contributed by atoms with van der Waals surface area (Å²) >= 11 is 1.61. The lowest BCUT2D eigenvalue weighted by Gasteiger charge is -2.31. The van der Waals surface area contributed by atoms with E-state index < -0.39 is 0 Å². The van der Waals surface area contributed by atoms with Crippen molar-refractivity contribution in [3.05, 3.63) is 27.7 Å². The van der Waals surface area contributed by atoms with Crippen molar-refractivity contribution in [2.45, 2.75) is 45.6 Å². The predicted molar refractivity (Wildman–Crippen MR) is 90.8 cm³/mol. The van der Waals surface area contributed by atoms with Crippen molar-refractivity contribution >= 4 is 17.2 Å². The smallest absolute Gasteiger partial charge is 0.228 e. The molecule has 130 valence electrons. The average molecular weight is 349 g/mol. The fourth-order valence-corrected chi connectivity index (χ4v) is 3.44. The minimum Gasteiger partial charge on any atom is -0.366 e. The number of aromatic nitrogens is 4. The lowest BCUT2D eigenvalue weighted by atomic mass is 10.2. The fourth-order valence-electron chi connectivity index (χ4n) is 2.69. The molecule has 0 saturated carbocycles. The van der Waals surface area contributed by atoms with Crippen LogP contribution in [0.15, 0.2) is 5.38 Å². The van der Waals surface area contributed by atoms with E-state index in [4.69, 9.17) is 4.74 Å². The lowest BCUT2D eigenvalue weighted by molar-refractivity contribution is -0.138. The quantitative estimate of drug-likeness (QED) is 0.861. The second-order valence-corrected chi connectivity index (χ2v) is 6.80. The van der Waals surface area contributed by atoms with Crippen molar-refractivity contribution in [3.63, 3.8) is 0 Å². The normalized spacial score (nSPS) is 18.1. The Morgan fingerprint density at radius 3 is 3.08 bits per heavy atom. The van der Waals surface area contributed by atoms with E-state index in [0.717, 1.165) is 35.8 Å². The zero-order valence-electron chi connectivity index (χ0n) is 14.1. The molecule has 0 radical (unpaired) electrons. The molecule has 24 heavy (non-hydrogen) atoms. The highest BCUT2D eigenvalue weighted by Crippen LogP contribution is 2.20. The molecule has 0 spiro atoms. The van der Waals surface area contributed by atoms with Crippen molar-refractivity contribution in [1.29, 1.82) is 0 Å². The Morgan fingerprint density at radius 1 is 1.46 bits per heavy atom. The second-order valence-electron chi connectivity index (χ2n) is 5.85. The number of nitrogens with one attached hydrogen (secondary N) is 1. The van der Waals surface area contributed by atoms with E-state index in [1.807, 2.05) is 10.3 Å². The van der Waals surface area contributed by atoms with Crippen LogP contribution in [-0.2, 0) is 28.8 Å². The number of amides is 1. The first-order valence-corrected chi connectivity index (χ1v) is 9.31. The summed E-state index contributed by atoms with van der Waals surface area (Å²) in [6, 6.07) is 0. The third-order valence-electron chi connectivity index (χ3n) is 3.98. The molecule has 0 aromatic carbocycles. The van der Waals surface area contributed by atoms with Gasteiger partial charge in [0.2, 0.25) is 5.91 Å². The number of hydrogen-bond donors (Lipinski definition) is 1. The van der Waals surface area contributed by atoms with Crippen LogP contribution in [0.25, 0.3) is 0 Å². The molecule has 1 aliphatic heterocycles. The van der Waals surface area contributed by atoms with E-state index in [0.29, 0.717) is 31.9 Å². The van der Waals surface area contributed by atoms with Crippen LogP contribution >= 0.6 is 11.3 Å². The van der Waals surface area contributed by atoms with E-state index in [9.17, 15) is 4.79 Å². The predicted octanol–water partition coefficient (Wildman–Crippen LogP) is 1.92. The minimum absolute atomic E-state index is 0.0839. The fraction of sp³-hybridized carbons (Fsp3) is 0.625. The molecule has 3 rings (SSSR count). The van der Waals surface area contributed by atoms with Gasteiger partial charge >= 0.3 is 0 Å². The third kappa shape index (κ3) is 3.99. The van der Waals surface area contributed by atoms with Crippen LogP contribution in [0.3, 0.4) is 0 Å². The first-order chi connectivity index (χ1) is 11.7. The molecule has 1 saturated heterocycles. The van der Waals surface area contributed by atoms with Crippen LogP contribution in [-0.4, -0.2) is 50.7 Å². The monoisotopic (exact) mass is 349 g/mol. The van der Waals surface area contributed by atoms with E-state index in [1.165, 1.54) is 0 Å². The molecule has 7 nitrogen and oxygen atoms in total. The van der Waals surface area contributed by atoms with Crippen LogP contribution in [0.4, 0.5) is 0 Å². The molecule has 1 fully saturated rings. The van der Waals surface area contributed by atoms with E-state index in [1.54, 1.807) is 11.3 Å². The van der Waals surface area contributed by atoms with Gasteiger partial charge in [0.1, 0.15) is 11.9 Å². The van der Waals surface area contributed by atoms with Gasteiger partial charge in [0.15, 0.2) is 5.82 Å². The summed E-state index contributed by atoms with van der Waals surface area (Å²) in [6.07, 6.45) is 2.87. The molecule has 3 heterocycles. The summed E-state index contributed by atoms with van der Waals surface area (Å²) in [7, 11) is 0. The Hall–Kier alpha value is -1.80. The highest BCUT2D eigenvalue weighted by atomic mass is 32.1. The summed E-state index contributed by atoms with van der Waals surface area (Å²) in [5, 5.41) is 10.2. The van der Waals surface area contributed by atoms with Gasteiger partial charge in [-0.25, -0.2) is 9.97 Å². The van der Waals surface area contributed by atoms with Gasteiger partial charge in [-0.3, -0.25) is 9.89 Å². The zero-order valence-corrected chi connectivity index (χ0v) is 14.9. The molecular formula is C16H23N5O2S. The van der Waals surface area contributed by atoms with Crippen LogP contribution in [0, 0.1) is 0 Å². The number of rotatable bonds is 6. The first-order valence-electron chi connectivity index (χ1n) is 8.43. The van der Waals surface area contributed by atoms with Gasteiger partial charge < -0.3 is 9.64 Å². The summed E-state index contributed by atoms with van der Waals surface area (Å²) in [5.74, 6) is 1.59. The SMILES string of the molecule is CCCc1nc(C2CN(C(=O)Cc3csc(CC)n3)CCO2)n[nH]1. The van der Waals surface area contributed by atoms with Crippen molar-refractivity contribution in [2.24, 2.45) is 0 Å². The Bertz CT molecular complexity index is 684. The summed E-state index contributed by atoms with van der Waals surface area (Å²) < 4.78 is 5.76. The number of carbonyl (C=O) groups excluding carboxylic acids is 1. The Labute approximate surface area is 145 Å². The number of H-pyrrole nitrogens is 1. The van der Waals surface area contributed by atoms with Gasteiger partial charge in [-0.05, 0) is 12.8 Å². The van der Waals surface area contributed by atoms with Crippen LogP contribution in [0.5, 0.6) is 0 Å². The highest BCUT2D eigenvalue weighted by molar-refractivity contribution is 7.09. The number of hydrogen-bond acceptors (Lipinski definition) is 6. The number of nitrogens with zero attached hydrogens (tertiary/aromatic N) is 4. The average Bonchev–Trinajstić information content (AvgIpc) is 3.25. The molecule has 0 bridgehead atoms. The van der Waals surface area contributed by atoms with Crippen molar-refractivity contribution < 1.29 is 9.53 Å². The number of aromatic amines is 1. The third-order valence-corrected chi connectivity index (χ3v) is 5.02. The van der Waals surface area contributed by atoms with Gasteiger partial charge in [-0.2, -0.15) is 5.10 Å². The van der Waals surface area contributed by atoms with E-state index >= 15 is 0 Å². The maximum Gasteiger partial charge on any atom is 0.228 e. The van der Waals surface area contributed by atoms with Crippen LogP contribution < -0.4 is 0 Å². The Kier molecular flexibility index (Phi) is 5.57. The number of aryl methyl sites for hydroxylation is 2.